The first-order valence-electron chi connectivity index (χ1n) is 6.44. The second kappa shape index (κ2) is 4.52. The van der Waals surface area contributed by atoms with E-state index in [1.807, 2.05) is 0 Å². The first kappa shape index (κ1) is 14.4. The molecule has 2 rings (SSSR count). The summed E-state index contributed by atoms with van der Waals surface area (Å²) in [5.41, 5.74) is 5.06. The minimum Gasteiger partial charge on any atom is -0.451 e. The lowest BCUT2D eigenvalue weighted by molar-refractivity contribution is -0.00337. The Balaban J connectivity index is 2.28. The second-order valence-corrected chi connectivity index (χ2v) is 6.05. The highest BCUT2D eigenvalue weighted by molar-refractivity contribution is 5.97. The average molecular weight is 276 g/mol. The molecule has 2 aromatic rings. The quantitative estimate of drug-likeness (QED) is 0.750. The summed E-state index contributed by atoms with van der Waals surface area (Å²) >= 11 is 0. The van der Waals surface area contributed by atoms with Gasteiger partial charge in [-0.1, -0.05) is 0 Å². The van der Waals surface area contributed by atoms with Gasteiger partial charge in [0.05, 0.1) is 11.1 Å². The minimum absolute atomic E-state index is 0.197. The molecular weight excluding hydrogens is 256 g/mol. The maximum absolute atomic E-state index is 12.2. The summed E-state index contributed by atoms with van der Waals surface area (Å²) in [5, 5.41) is 13.6. The Hall–Kier alpha value is -2.01. The highest BCUT2D eigenvalue weighted by Crippen LogP contribution is 2.24. The molecule has 20 heavy (non-hydrogen) atoms. The number of fused-ring (bicyclic) bond motifs is 1. The van der Waals surface area contributed by atoms with Crippen molar-refractivity contribution in [2.24, 2.45) is 0 Å². The van der Waals surface area contributed by atoms with Crippen LogP contribution in [0.5, 0.6) is 0 Å². The van der Waals surface area contributed by atoms with Crippen molar-refractivity contribution in [1.82, 2.24) is 5.32 Å². The van der Waals surface area contributed by atoms with Crippen LogP contribution in [0.3, 0.4) is 0 Å². The molecule has 5 heteroatoms. The molecule has 108 valence electrons. The molecule has 0 fully saturated rings. The largest absolute Gasteiger partial charge is 0.451 e. The maximum atomic E-state index is 12.2. The van der Waals surface area contributed by atoms with Gasteiger partial charge in [-0.25, -0.2) is 0 Å². The van der Waals surface area contributed by atoms with Gasteiger partial charge in [-0.2, -0.15) is 0 Å². The van der Waals surface area contributed by atoms with Crippen LogP contribution in [0.4, 0.5) is 5.69 Å². The molecule has 0 saturated heterocycles. The molecule has 0 spiro atoms. The zero-order chi connectivity index (χ0) is 15.1. The summed E-state index contributed by atoms with van der Waals surface area (Å²) < 4.78 is 5.49. The van der Waals surface area contributed by atoms with Crippen LogP contribution in [0.1, 0.15) is 38.2 Å². The lowest BCUT2D eigenvalue weighted by Gasteiger charge is -2.37. The lowest BCUT2D eigenvalue weighted by Crippen LogP contribution is -2.57. The topological polar surface area (TPSA) is 88.5 Å². The van der Waals surface area contributed by atoms with E-state index in [1.54, 1.807) is 52.0 Å². The van der Waals surface area contributed by atoms with E-state index in [-0.39, 0.29) is 11.7 Å². The van der Waals surface area contributed by atoms with E-state index < -0.39 is 11.1 Å². The molecular formula is C15H20N2O3. The predicted molar refractivity (Wildman–Crippen MR) is 78.5 cm³/mol. The SMILES string of the molecule is CC(C)(O)C(C)(C)NC(=O)c1cc2cc(N)ccc2o1. The summed E-state index contributed by atoms with van der Waals surface area (Å²) in [6.45, 7) is 6.80. The number of rotatable bonds is 3. The van der Waals surface area contributed by atoms with Crippen LogP contribution in [0.25, 0.3) is 11.0 Å². The van der Waals surface area contributed by atoms with Crippen molar-refractivity contribution in [2.45, 2.75) is 38.8 Å². The van der Waals surface area contributed by atoms with Crippen molar-refractivity contribution >= 4 is 22.6 Å². The van der Waals surface area contributed by atoms with Gasteiger partial charge in [-0.15, -0.1) is 0 Å². The van der Waals surface area contributed by atoms with E-state index in [9.17, 15) is 9.90 Å². The van der Waals surface area contributed by atoms with Crippen molar-refractivity contribution in [3.63, 3.8) is 0 Å². The van der Waals surface area contributed by atoms with E-state index in [2.05, 4.69) is 5.32 Å². The molecule has 1 aromatic carbocycles. The van der Waals surface area contributed by atoms with E-state index in [1.165, 1.54) is 0 Å². The van der Waals surface area contributed by atoms with Gasteiger partial charge in [0, 0.05) is 11.1 Å². The number of benzene rings is 1. The normalized spacial score (nSPS) is 12.7. The summed E-state index contributed by atoms with van der Waals surface area (Å²) in [5.74, 6) is -0.171. The molecule has 1 amide bonds. The van der Waals surface area contributed by atoms with Crippen molar-refractivity contribution in [1.29, 1.82) is 0 Å². The predicted octanol–water partition coefficient (Wildman–Crippen LogP) is 2.29. The van der Waals surface area contributed by atoms with Crippen LogP contribution < -0.4 is 11.1 Å². The van der Waals surface area contributed by atoms with E-state index in [4.69, 9.17) is 10.2 Å². The fraction of sp³-hybridized carbons (Fsp3) is 0.400. The maximum Gasteiger partial charge on any atom is 0.287 e. The Morgan fingerprint density at radius 3 is 2.50 bits per heavy atom. The zero-order valence-corrected chi connectivity index (χ0v) is 12.2. The van der Waals surface area contributed by atoms with Crippen molar-refractivity contribution in [3.05, 3.63) is 30.0 Å². The molecule has 0 aliphatic rings. The van der Waals surface area contributed by atoms with Crippen molar-refractivity contribution in [2.75, 3.05) is 5.73 Å². The molecule has 1 aromatic heterocycles. The molecule has 5 nitrogen and oxygen atoms in total. The smallest absolute Gasteiger partial charge is 0.287 e. The Morgan fingerprint density at radius 1 is 1.25 bits per heavy atom. The van der Waals surface area contributed by atoms with Crippen molar-refractivity contribution < 1.29 is 14.3 Å². The van der Waals surface area contributed by atoms with Crippen LogP contribution in [0.2, 0.25) is 0 Å². The zero-order valence-electron chi connectivity index (χ0n) is 12.2. The molecule has 4 N–H and O–H groups in total. The standard InChI is InChI=1S/C15H20N2O3/c1-14(2,15(3,4)19)17-13(18)12-8-9-7-10(16)5-6-11(9)20-12/h5-8,19H,16H2,1-4H3,(H,17,18). The molecule has 0 unspecified atom stereocenters. The van der Waals surface area contributed by atoms with Crippen molar-refractivity contribution in [3.8, 4) is 0 Å². The van der Waals surface area contributed by atoms with Crippen LogP contribution >= 0.6 is 0 Å². The third-order valence-electron chi connectivity index (χ3n) is 3.72. The van der Waals surface area contributed by atoms with Gasteiger partial charge in [0.25, 0.3) is 5.91 Å². The highest BCUT2D eigenvalue weighted by atomic mass is 16.3. The number of nitrogens with one attached hydrogen (secondary N) is 1. The van der Waals surface area contributed by atoms with Gasteiger partial charge < -0.3 is 20.6 Å². The average Bonchev–Trinajstić information content (AvgIpc) is 2.69. The molecule has 0 atom stereocenters. The number of carbonyl (C=O) groups excluding carboxylic acids is 1. The first-order chi connectivity index (χ1) is 9.10. The van der Waals surface area contributed by atoms with Gasteiger partial charge >= 0.3 is 0 Å². The Morgan fingerprint density at radius 2 is 1.90 bits per heavy atom. The van der Waals surface area contributed by atoms with Crippen LogP contribution in [-0.2, 0) is 0 Å². The molecule has 1 heterocycles. The summed E-state index contributed by atoms with van der Waals surface area (Å²) in [4.78, 5) is 12.2. The summed E-state index contributed by atoms with van der Waals surface area (Å²) in [6.07, 6.45) is 0. The van der Waals surface area contributed by atoms with E-state index in [0.717, 1.165) is 5.39 Å². The minimum atomic E-state index is -1.06. The van der Waals surface area contributed by atoms with Crippen LogP contribution in [-0.4, -0.2) is 22.2 Å². The number of aliphatic hydroxyl groups is 1. The third kappa shape index (κ3) is 2.63. The lowest BCUT2D eigenvalue weighted by atomic mass is 9.86. The third-order valence-corrected chi connectivity index (χ3v) is 3.72. The van der Waals surface area contributed by atoms with Gasteiger partial charge in [-0.05, 0) is 52.0 Å². The number of hydrogen-bond donors (Lipinski definition) is 3. The molecule has 0 radical (unpaired) electrons. The molecule has 0 bridgehead atoms. The molecule has 0 aliphatic heterocycles. The number of amides is 1. The number of anilines is 1. The van der Waals surface area contributed by atoms with Gasteiger partial charge in [-0.3, -0.25) is 4.79 Å². The Bertz CT molecular complexity index is 651. The van der Waals surface area contributed by atoms with Gasteiger partial charge in [0.15, 0.2) is 5.76 Å². The summed E-state index contributed by atoms with van der Waals surface area (Å²) in [6, 6.07) is 6.83. The fourth-order valence-electron chi connectivity index (χ4n) is 1.67. The molecule has 0 aliphatic carbocycles. The van der Waals surface area contributed by atoms with Crippen LogP contribution in [0, 0.1) is 0 Å². The van der Waals surface area contributed by atoms with E-state index >= 15 is 0 Å². The first-order valence-corrected chi connectivity index (χ1v) is 6.44. The second-order valence-electron chi connectivity index (χ2n) is 6.05. The number of carbonyl (C=O) groups is 1. The Kier molecular flexibility index (Phi) is 3.26. The number of hydrogen-bond acceptors (Lipinski definition) is 4. The van der Waals surface area contributed by atoms with Gasteiger partial charge in [0.1, 0.15) is 5.58 Å². The highest BCUT2D eigenvalue weighted by Gasteiger charge is 2.37. The van der Waals surface area contributed by atoms with Gasteiger partial charge in [0.2, 0.25) is 0 Å². The molecule has 0 saturated carbocycles. The monoisotopic (exact) mass is 276 g/mol. The number of nitrogen functional groups attached to an aromatic ring is 1. The summed E-state index contributed by atoms with van der Waals surface area (Å²) in [7, 11) is 0. The van der Waals surface area contributed by atoms with E-state index in [0.29, 0.717) is 11.3 Å². The Labute approximate surface area is 117 Å². The number of furan rings is 1. The van der Waals surface area contributed by atoms with Crippen LogP contribution in [0.15, 0.2) is 28.7 Å². The number of nitrogens with two attached hydrogens (primary N) is 1. The fourth-order valence-corrected chi connectivity index (χ4v) is 1.67.